The Morgan fingerprint density at radius 2 is 0.588 bits per heavy atom. The molecule has 7 aromatic rings. The van der Waals surface area contributed by atoms with Gasteiger partial charge in [-0.3, -0.25) is 0 Å². The van der Waals surface area contributed by atoms with Crippen LogP contribution in [0.2, 0.25) is 0 Å². The predicted molar refractivity (Wildman–Crippen MR) is 217 cm³/mol. The summed E-state index contributed by atoms with van der Waals surface area (Å²) in [7, 11) is 6.76. The van der Waals surface area contributed by atoms with Crippen molar-refractivity contribution < 1.29 is 18.9 Å². The van der Waals surface area contributed by atoms with Crippen LogP contribution < -0.4 is 18.9 Å². The minimum Gasteiger partial charge on any atom is -0.497 e. The lowest BCUT2D eigenvalue weighted by Gasteiger charge is -2.10. The molecule has 7 rings (SSSR count). The minimum atomic E-state index is 0.837. The number of benzene rings is 4. The molecule has 0 fully saturated rings. The van der Waals surface area contributed by atoms with Gasteiger partial charge in [-0.05, 0) is 130 Å². The Balaban J connectivity index is 1.16. The molecule has 3 heterocycles. The van der Waals surface area contributed by atoms with Crippen LogP contribution in [0.15, 0.2) is 133 Å². The van der Waals surface area contributed by atoms with Crippen LogP contribution in [0, 0.1) is 0 Å². The number of thiophene rings is 3. The molecule has 0 N–H and O–H groups in total. The third kappa shape index (κ3) is 7.86. The van der Waals surface area contributed by atoms with E-state index in [1.807, 2.05) is 59.9 Å². The van der Waals surface area contributed by atoms with Crippen LogP contribution in [0.25, 0.3) is 42.8 Å². The average Bonchev–Trinajstić information content (AvgIpc) is 3.98. The molecule has 0 amide bonds. The summed E-state index contributed by atoms with van der Waals surface area (Å²) in [5.41, 5.74) is 6.78. The van der Waals surface area contributed by atoms with Gasteiger partial charge in [-0.1, -0.05) is 48.5 Å². The molecule has 0 radical (unpaired) electrons. The number of rotatable bonds is 12. The van der Waals surface area contributed by atoms with E-state index in [9.17, 15) is 0 Å². The number of hydrogen-bond acceptors (Lipinski definition) is 7. The van der Waals surface area contributed by atoms with Crippen LogP contribution in [0.5, 0.6) is 23.0 Å². The molecule has 0 spiro atoms. The van der Waals surface area contributed by atoms with E-state index in [1.54, 1.807) is 51.1 Å². The van der Waals surface area contributed by atoms with Crippen LogP contribution in [-0.4, -0.2) is 28.4 Å². The third-order valence-corrected chi connectivity index (χ3v) is 12.1. The van der Waals surface area contributed by atoms with Gasteiger partial charge in [0.25, 0.3) is 0 Å². The van der Waals surface area contributed by atoms with E-state index in [-0.39, 0.29) is 0 Å². The Morgan fingerprint density at radius 3 is 0.863 bits per heavy atom. The largest absolute Gasteiger partial charge is 0.497 e. The molecule has 0 aliphatic carbocycles. The second-order valence-corrected chi connectivity index (χ2v) is 14.9. The number of ether oxygens (including phenoxy) is 4. The van der Waals surface area contributed by atoms with Crippen molar-refractivity contribution in [2.75, 3.05) is 28.4 Å². The molecule has 0 saturated heterocycles. The molecule has 0 aliphatic heterocycles. The summed E-state index contributed by atoms with van der Waals surface area (Å²) in [5.74, 6) is 3.35. The van der Waals surface area contributed by atoms with Crippen molar-refractivity contribution in [3.63, 3.8) is 0 Å². The Kier molecular flexibility index (Phi) is 10.5. The Labute approximate surface area is 311 Å². The Bertz CT molecular complexity index is 2010. The second-order valence-electron chi connectivity index (χ2n) is 11.6. The van der Waals surface area contributed by atoms with E-state index in [1.165, 1.54) is 29.3 Å². The van der Waals surface area contributed by atoms with E-state index in [4.69, 9.17) is 18.9 Å². The summed E-state index contributed by atoms with van der Waals surface area (Å²) < 4.78 is 21.7. The maximum absolute atomic E-state index is 5.42. The van der Waals surface area contributed by atoms with Gasteiger partial charge >= 0.3 is 0 Å². The molecule has 254 valence electrons. The molecule has 0 bridgehead atoms. The monoisotopic (exact) mass is 724 g/mol. The van der Waals surface area contributed by atoms with Gasteiger partial charge in [0.2, 0.25) is 0 Å². The quantitative estimate of drug-likeness (QED) is 0.126. The molecule has 3 aromatic heterocycles. The van der Waals surface area contributed by atoms with Gasteiger partial charge in [-0.25, -0.2) is 0 Å². The Hall–Kier alpha value is -5.34. The maximum atomic E-state index is 5.42. The van der Waals surface area contributed by atoms with Crippen LogP contribution in [-0.2, 0) is 0 Å². The van der Waals surface area contributed by atoms with Crippen molar-refractivity contribution in [1.82, 2.24) is 0 Å². The zero-order valence-corrected chi connectivity index (χ0v) is 31.2. The SMILES string of the molecule is COc1ccc(C(=Cc2ccc(-c3ccc(-c4ccc(C=C(c5ccc(OC)cc5)c5ccc(OC)cc5)s4)s3)s2)c2ccc(OC)cc2)cc1. The fraction of sp³-hybridized carbons (Fsp3) is 0.0909. The number of methoxy groups -OCH3 is 4. The second kappa shape index (κ2) is 15.7. The first-order valence-electron chi connectivity index (χ1n) is 16.3. The lowest BCUT2D eigenvalue weighted by Crippen LogP contribution is -1.90. The molecule has 0 aliphatic rings. The molecule has 51 heavy (non-hydrogen) atoms. The van der Waals surface area contributed by atoms with Gasteiger partial charge in [0, 0.05) is 29.3 Å². The van der Waals surface area contributed by atoms with Gasteiger partial charge in [-0.15, -0.1) is 34.0 Å². The zero-order chi connectivity index (χ0) is 35.2. The molecule has 4 aromatic carbocycles. The van der Waals surface area contributed by atoms with Crippen LogP contribution in [0.3, 0.4) is 0 Å². The van der Waals surface area contributed by atoms with Crippen molar-refractivity contribution in [3.8, 4) is 42.5 Å². The van der Waals surface area contributed by atoms with Gasteiger partial charge < -0.3 is 18.9 Å². The van der Waals surface area contributed by atoms with Gasteiger partial charge in [0.15, 0.2) is 0 Å². The van der Waals surface area contributed by atoms with Crippen LogP contribution in [0.4, 0.5) is 0 Å². The third-order valence-electron chi connectivity index (χ3n) is 8.52. The predicted octanol–water partition coefficient (Wildman–Crippen LogP) is 12.4. The molecule has 7 heteroatoms. The van der Waals surface area contributed by atoms with E-state index in [0.717, 1.165) is 56.4 Å². The standard InChI is InChI=1S/C44H36O4S3/c1-45-33-13-5-29(6-14-33)39(30-7-15-34(46-2)16-8-30)27-37-21-23-41(49-37)43-25-26-44(51-43)42-24-22-38(50-42)28-40(31-9-17-35(47-3)18-10-31)32-11-19-36(48-4)20-12-32/h5-28H,1-4H3. The van der Waals surface area contributed by atoms with Gasteiger partial charge in [0.05, 0.1) is 28.4 Å². The van der Waals surface area contributed by atoms with Crippen molar-refractivity contribution in [1.29, 1.82) is 0 Å². The van der Waals surface area contributed by atoms with Gasteiger partial charge in [-0.2, -0.15) is 0 Å². The molecular formula is C44H36O4S3. The number of hydrogen-bond donors (Lipinski definition) is 0. The normalized spacial score (nSPS) is 10.7. The first-order chi connectivity index (χ1) is 25.0. The van der Waals surface area contributed by atoms with Crippen LogP contribution >= 0.6 is 34.0 Å². The molecular weight excluding hydrogens is 689 g/mol. The molecule has 0 saturated carbocycles. The summed E-state index contributed by atoms with van der Waals surface area (Å²) >= 11 is 5.43. The van der Waals surface area contributed by atoms with Crippen molar-refractivity contribution in [2.45, 2.75) is 0 Å². The summed E-state index contributed by atoms with van der Waals surface area (Å²) in [5, 5.41) is 0. The smallest absolute Gasteiger partial charge is 0.118 e. The molecule has 4 nitrogen and oxygen atoms in total. The summed E-state index contributed by atoms with van der Waals surface area (Å²) in [6, 6.07) is 46.2. The highest BCUT2D eigenvalue weighted by molar-refractivity contribution is 7.26. The minimum absolute atomic E-state index is 0.837. The summed E-state index contributed by atoms with van der Waals surface area (Å²) in [4.78, 5) is 7.39. The first kappa shape index (κ1) is 34.1. The average molecular weight is 725 g/mol. The maximum Gasteiger partial charge on any atom is 0.118 e. The van der Waals surface area contributed by atoms with Crippen molar-refractivity contribution in [2.24, 2.45) is 0 Å². The molecule has 0 atom stereocenters. The fourth-order valence-corrected chi connectivity index (χ4v) is 8.85. The van der Waals surface area contributed by atoms with E-state index < -0.39 is 0 Å². The lowest BCUT2D eigenvalue weighted by molar-refractivity contribution is 0.414. The topological polar surface area (TPSA) is 36.9 Å². The van der Waals surface area contributed by atoms with Crippen LogP contribution in [0.1, 0.15) is 32.0 Å². The van der Waals surface area contributed by atoms with Crippen molar-refractivity contribution in [3.05, 3.63) is 165 Å². The Morgan fingerprint density at radius 1 is 0.333 bits per heavy atom. The summed E-state index contributed by atoms with van der Waals surface area (Å²) in [6.07, 6.45) is 4.54. The van der Waals surface area contributed by atoms with E-state index in [2.05, 4.69) is 97.1 Å². The highest BCUT2D eigenvalue weighted by Crippen LogP contribution is 2.42. The van der Waals surface area contributed by atoms with E-state index in [0.29, 0.717) is 0 Å². The van der Waals surface area contributed by atoms with Gasteiger partial charge in [0.1, 0.15) is 23.0 Å². The zero-order valence-electron chi connectivity index (χ0n) is 28.7. The summed E-state index contributed by atoms with van der Waals surface area (Å²) in [6.45, 7) is 0. The fourth-order valence-electron chi connectivity index (χ4n) is 5.76. The highest BCUT2D eigenvalue weighted by atomic mass is 32.1. The van der Waals surface area contributed by atoms with E-state index >= 15 is 0 Å². The van der Waals surface area contributed by atoms with Crippen molar-refractivity contribution >= 4 is 57.3 Å². The highest BCUT2D eigenvalue weighted by Gasteiger charge is 2.13. The lowest BCUT2D eigenvalue weighted by atomic mass is 9.97. The molecule has 0 unspecified atom stereocenters. The first-order valence-corrected chi connectivity index (χ1v) is 18.8.